The van der Waals surface area contributed by atoms with Crippen molar-refractivity contribution in [2.45, 2.75) is 98.6 Å². The molecule has 1 heterocycles. The number of rotatable bonds is 13. The summed E-state index contributed by atoms with van der Waals surface area (Å²) in [5.41, 5.74) is 9.39. The lowest BCUT2D eigenvalue weighted by Gasteiger charge is -2.31. The predicted molar refractivity (Wildman–Crippen MR) is 161 cm³/mol. The Morgan fingerprint density at radius 1 is 1.11 bits per heavy atom. The molecule has 1 aromatic heterocycles. The average molecular weight is 526 g/mol. The molecule has 0 aliphatic carbocycles. The summed E-state index contributed by atoms with van der Waals surface area (Å²) in [6.45, 7) is 15.1. The second-order valence-corrected chi connectivity index (χ2v) is 10.7. The van der Waals surface area contributed by atoms with Crippen LogP contribution in [0.2, 0.25) is 0 Å². The van der Waals surface area contributed by atoms with Gasteiger partial charge in [-0.25, -0.2) is 4.98 Å². The van der Waals surface area contributed by atoms with E-state index in [1.54, 1.807) is 0 Å². The minimum absolute atomic E-state index is 0.204. The van der Waals surface area contributed by atoms with Crippen molar-refractivity contribution in [1.29, 1.82) is 0 Å². The average Bonchev–Trinajstić information content (AvgIpc) is 2.84. The fourth-order valence-electron chi connectivity index (χ4n) is 3.98. The number of esters is 1. The summed E-state index contributed by atoms with van der Waals surface area (Å²) in [5.74, 6) is 0.893. The predicted octanol–water partition coefficient (Wildman–Crippen LogP) is 6.35. The number of aryl methyl sites for hydroxylation is 1. The first-order valence-corrected chi connectivity index (χ1v) is 13.8. The van der Waals surface area contributed by atoms with Gasteiger partial charge in [0.2, 0.25) is 5.95 Å². The van der Waals surface area contributed by atoms with Gasteiger partial charge in [0.25, 0.3) is 0 Å². The monoisotopic (exact) mass is 525 g/mol. The van der Waals surface area contributed by atoms with E-state index in [-0.39, 0.29) is 18.3 Å². The van der Waals surface area contributed by atoms with E-state index in [0.717, 1.165) is 47.6 Å². The molecule has 0 amide bonds. The van der Waals surface area contributed by atoms with Crippen molar-refractivity contribution < 1.29 is 9.53 Å². The summed E-state index contributed by atoms with van der Waals surface area (Å²) < 4.78 is 5.78. The van der Waals surface area contributed by atoms with E-state index in [9.17, 15) is 4.79 Å². The normalized spacial score (nSPS) is 12.3. The van der Waals surface area contributed by atoms with Gasteiger partial charge in [-0.1, -0.05) is 56.2 Å². The number of unbranched alkanes of at least 4 members (excludes halogenated alkanes) is 2. The van der Waals surface area contributed by atoms with Crippen LogP contribution in [0.3, 0.4) is 0 Å². The van der Waals surface area contributed by atoms with Crippen LogP contribution in [-0.4, -0.2) is 53.1 Å². The van der Waals surface area contributed by atoms with Crippen molar-refractivity contribution in [3.63, 3.8) is 0 Å². The van der Waals surface area contributed by atoms with Gasteiger partial charge in [-0.15, -0.1) is 0 Å². The SMILES string of the molecule is C/C=C\C.CCCCCNc1nc(N)nc(C)c1Cc1ccc(CC(=O)OC(C)(C)CC(C)N(C)C)cc1. The Hall–Kier alpha value is -2.93. The smallest absolute Gasteiger partial charge is 0.310 e. The molecule has 2 aromatic rings. The number of allylic oxidation sites excluding steroid dienone is 2. The highest BCUT2D eigenvalue weighted by atomic mass is 16.6. The third-order valence-corrected chi connectivity index (χ3v) is 6.45. The van der Waals surface area contributed by atoms with Gasteiger partial charge in [0.05, 0.1) is 6.42 Å². The van der Waals surface area contributed by atoms with Gasteiger partial charge < -0.3 is 20.7 Å². The van der Waals surface area contributed by atoms with Crippen LogP contribution in [0.1, 0.15) is 89.6 Å². The van der Waals surface area contributed by atoms with Gasteiger partial charge in [-0.3, -0.25) is 4.79 Å². The Morgan fingerprint density at radius 3 is 2.26 bits per heavy atom. The highest BCUT2D eigenvalue weighted by molar-refractivity contribution is 5.73. The highest BCUT2D eigenvalue weighted by Gasteiger charge is 2.26. The Labute approximate surface area is 231 Å². The maximum absolute atomic E-state index is 12.6. The fraction of sp³-hybridized carbons (Fsp3) is 0.581. The molecule has 7 nitrogen and oxygen atoms in total. The molecule has 3 N–H and O–H groups in total. The number of ether oxygens (including phenoxy) is 1. The fourth-order valence-corrected chi connectivity index (χ4v) is 3.98. The van der Waals surface area contributed by atoms with Crippen LogP contribution in [0, 0.1) is 6.92 Å². The van der Waals surface area contributed by atoms with E-state index in [1.807, 2.05) is 73.0 Å². The summed E-state index contributed by atoms with van der Waals surface area (Å²) in [4.78, 5) is 23.5. The first-order chi connectivity index (χ1) is 17.9. The number of carbonyl (C=O) groups is 1. The van der Waals surface area contributed by atoms with E-state index >= 15 is 0 Å². The van der Waals surface area contributed by atoms with Crippen LogP contribution < -0.4 is 11.1 Å². The Morgan fingerprint density at radius 2 is 1.71 bits per heavy atom. The van der Waals surface area contributed by atoms with Crippen molar-refractivity contribution >= 4 is 17.7 Å². The van der Waals surface area contributed by atoms with E-state index in [1.165, 1.54) is 12.8 Å². The first-order valence-electron chi connectivity index (χ1n) is 13.8. The molecular formula is C31H51N5O2. The molecule has 1 atom stereocenters. The number of aromatic nitrogens is 2. The first kappa shape index (κ1) is 33.1. The molecule has 2 rings (SSSR count). The minimum Gasteiger partial charge on any atom is -0.459 e. The van der Waals surface area contributed by atoms with Crippen LogP contribution in [0.15, 0.2) is 36.4 Å². The summed E-state index contributed by atoms with van der Waals surface area (Å²) in [6.07, 6.45) is 9.18. The molecule has 38 heavy (non-hydrogen) atoms. The zero-order valence-electron chi connectivity index (χ0n) is 25.2. The van der Waals surface area contributed by atoms with Crippen molar-refractivity contribution in [2.24, 2.45) is 0 Å². The van der Waals surface area contributed by atoms with E-state index < -0.39 is 5.60 Å². The molecule has 0 aliphatic rings. The van der Waals surface area contributed by atoms with E-state index in [0.29, 0.717) is 12.5 Å². The van der Waals surface area contributed by atoms with Gasteiger partial charge in [0, 0.05) is 36.7 Å². The van der Waals surface area contributed by atoms with Crippen molar-refractivity contribution in [2.75, 3.05) is 31.7 Å². The van der Waals surface area contributed by atoms with Crippen LogP contribution in [0.5, 0.6) is 0 Å². The van der Waals surface area contributed by atoms with Crippen LogP contribution in [0.4, 0.5) is 11.8 Å². The molecule has 0 radical (unpaired) electrons. The standard InChI is InChI=1S/C27H43N5O2.C4H8/c1-8-9-10-15-29-25-23(20(3)30-26(28)31-25)16-21-11-13-22(14-12-21)17-24(33)34-27(4,5)18-19(2)32(6)7;1-3-4-2/h11-14,19H,8-10,15-18H2,1-7H3,(H3,28,29,30,31);3-4H,1-2H3/b;4-3-. The number of nitrogens with one attached hydrogen (secondary N) is 1. The van der Waals surface area contributed by atoms with Crippen LogP contribution in [0.25, 0.3) is 0 Å². The Bertz CT molecular complexity index is 996. The highest BCUT2D eigenvalue weighted by Crippen LogP contribution is 2.23. The van der Waals surface area contributed by atoms with Gasteiger partial charge in [0.1, 0.15) is 11.4 Å². The number of nitrogen functional groups attached to an aromatic ring is 1. The van der Waals surface area contributed by atoms with Crippen molar-refractivity contribution in [3.8, 4) is 0 Å². The summed E-state index contributed by atoms with van der Waals surface area (Å²) in [5, 5.41) is 3.43. The van der Waals surface area contributed by atoms with Crippen molar-refractivity contribution in [3.05, 3.63) is 58.8 Å². The molecule has 1 aromatic carbocycles. The molecule has 0 saturated heterocycles. The molecule has 0 bridgehead atoms. The second kappa shape index (κ2) is 16.8. The molecule has 0 fully saturated rings. The molecule has 0 aliphatic heterocycles. The quantitative estimate of drug-likeness (QED) is 0.179. The lowest BCUT2D eigenvalue weighted by molar-refractivity contribution is -0.157. The largest absolute Gasteiger partial charge is 0.459 e. The number of benzene rings is 1. The van der Waals surface area contributed by atoms with Gasteiger partial charge in [-0.05, 0) is 73.2 Å². The lowest BCUT2D eigenvalue weighted by atomic mass is 9.99. The lowest BCUT2D eigenvalue weighted by Crippen LogP contribution is -2.37. The van der Waals surface area contributed by atoms with Crippen molar-refractivity contribution in [1.82, 2.24) is 14.9 Å². The number of nitrogens with zero attached hydrogens (tertiary/aromatic N) is 3. The Balaban J connectivity index is 0.00000168. The molecular weight excluding hydrogens is 474 g/mol. The third kappa shape index (κ3) is 12.5. The molecule has 1 unspecified atom stereocenters. The van der Waals surface area contributed by atoms with Crippen LogP contribution >= 0.6 is 0 Å². The van der Waals surface area contributed by atoms with Gasteiger partial charge in [-0.2, -0.15) is 4.98 Å². The van der Waals surface area contributed by atoms with Crippen LogP contribution in [-0.2, 0) is 22.4 Å². The molecule has 212 valence electrons. The third-order valence-electron chi connectivity index (χ3n) is 6.45. The minimum atomic E-state index is -0.506. The molecule has 7 heteroatoms. The van der Waals surface area contributed by atoms with E-state index in [4.69, 9.17) is 10.5 Å². The molecule has 0 saturated carbocycles. The maximum atomic E-state index is 12.6. The topological polar surface area (TPSA) is 93.4 Å². The number of hydrogen-bond acceptors (Lipinski definition) is 7. The number of anilines is 2. The summed E-state index contributed by atoms with van der Waals surface area (Å²) in [6, 6.07) is 8.42. The van der Waals surface area contributed by atoms with E-state index in [2.05, 4.69) is 46.2 Å². The number of nitrogens with two attached hydrogens (primary N) is 1. The van der Waals surface area contributed by atoms with Gasteiger partial charge >= 0.3 is 5.97 Å². The zero-order chi connectivity index (χ0) is 28.7. The summed E-state index contributed by atoms with van der Waals surface area (Å²) in [7, 11) is 4.07. The summed E-state index contributed by atoms with van der Waals surface area (Å²) >= 11 is 0. The maximum Gasteiger partial charge on any atom is 0.310 e. The molecule has 0 spiro atoms. The number of hydrogen-bond donors (Lipinski definition) is 2. The Kier molecular flexibility index (Phi) is 14.6. The second-order valence-electron chi connectivity index (χ2n) is 10.7. The zero-order valence-corrected chi connectivity index (χ0v) is 25.2. The van der Waals surface area contributed by atoms with Gasteiger partial charge in [0.15, 0.2) is 0 Å². The number of carbonyl (C=O) groups excluding carboxylic acids is 1.